The molecular weight excluding hydrogens is 250 g/mol. The summed E-state index contributed by atoms with van der Waals surface area (Å²) < 4.78 is 5.16. The molecule has 0 atom stereocenters. The standard InChI is InChI=1S/C17H19NO2/c1-12-7-8-15(9-13(12)2)17(19)18-11-14-5-4-6-16(10-14)20-3/h4-10H,11H2,1-3H3,(H,18,19). The summed E-state index contributed by atoms with van der Waals surface area (Å²) in [5.74, 6) is 0.735. The Morgan fingerprint density at radius 3 is 2.60 bits per heavy atom. The number of carbonyl (C=O) groups excluding carboxylic acids is 1. The van der Waals surface area contributed by atoms with Gasteiger partial charge in [0.25, 0.3) is 5.91 Å². The highest BCUT2D eigenvalue weighted by molar-refractivity contribution is 5.94. The van der Waals surface area contributed by atoms with Crippen molar-refractivity contribution in [1.29, 1.82) is 0 Å². The SMILES string of the molecule is COc1cccc(CNC(=O)c2ccc(C)c(C)c2)c1. The molecule has 0 bridgehead atoms. The molecule has 1 N–H and O–H groups in total. The molecule has 0 spiro atoms. The van der Waals surface area contributed by atoms with Gasteiger partial charge in [0.15, 0.2) is 0 Å². The number of ether oxygens (including phenoxy) is 1. The van der Waals surface area contributed by atoms with E-state index in [9.17, 15) is 4.79 Å². The predicted octanol–water partition coefficient (Wildman–Crippen LogP) is 3.24. The number of benzene rings is 2. The summed E-state index contributed by atoms with van der Waals surface area (Å²) in [4.78, 5) is 12.1. The van der Waals surface area contributed by atoms with Gasteiger partial charge >= 0.3 is 0 Å². The zero-order valence-electron chi connectivity index (χ0n) is 12.1. The number of nitrogens with one attached hydrogen (secondary N) is 1. The third-order valence-corrected chi connectivity index (χ3v) is 3.36. The van der Waals surface area contributed by atoms with Crippen LogP contribution < -0.4 is 10.1 Å². The largest absolute Gasteiger partial charge is 0.497 e. The normalized spacial score (nSPS) is 10.2. The van der Waals surface area contributed by atoms with E-state index >= 15 is 0 Å². The minimum atomic E-state index is -0.0593. The smallest absolute Gasteiger partial charge is 0.251 e. The first-order chi connectivity index (χ1) is 9.60. The van der Waals surface area contributed by atoms with E-state index in [4.69, 9.17) is 4.74 Å². The van der Waals surface area contributed by atoms with Crippen LogP contribution in [0, 0.1) is 13.8 Å². The summed E-state index contributed by atoms with van der Waals surface area (Å²) in [7, 11) is 1.63. The second kappa shape index (κ2) is 6.24. The Hall–Kier alpha value is -2.29. The molecular formula is C17H19NO2. The van der Waals surface area contributed by atoms with Crippen LogP contribution in [0.2, 0.25) is 0 Å². The van der Waals surface area contributed by atoms with Gasteiger partial charge in [-0.05, 0) is 54.8 Å². The number of hydrogen-bond donors (Lipinski definition) is 1. The van der Waals surface area contributed by atoms with E-state index in [1.54, 1.807) is 7.11 Å². The maximum atomic E-state index is 12.1. The lowest BCUT2D eigenvalue weighted by atomic mass is 10.1. The maximum Gasteiger partial charge on any atom is 0.251 e. The minimum Gasteiger partial charge on any atom is -0.497 e. The highest BCUT2D eigenvalue weighted by atomic mass is 16.5. The van der Waals surface area contributed by atoms with E-state index in [0.717, 1.165) is 16.9 Å². The highest BCUT2D eigenvalue weighted by Crippen LogP contribution is 2.13. The Morgan fingerprint density at radius 1 is 1.10 bits per heavy atom. The van der Waals surface area contributed by atoms with Crippen molar-refractivity contribution in [2.75, 3.05) is 7.11 Å². The molecule has 2 rings (SSSR count). The van der Waals surface area contributed by atoms with Crippen LogP contribution in [0.5, 0.6) is 5.75 Å². The van der Waals surface area contributed by atoms with Crippen molar-refractivity contribution in [2.45, 2.75) is 20.4 Å². The highest BCUT2D eigenvalue weighted by Gasteiger charge is 2.06. The number of aryl methyl sites for hydroxylation is 2. The Labute approximate surface area is 119 Å². The Kier molecular flexibility index (Phi) is 4.41. The molecule has 2 aromatic rings. The number of hydrogen-bond acceptors (Lipinski definition) is 2. The Balaban J connectivity index is 2.02. The van der Waals surface area contributed by atoms with Gasteiger partial charge in [0, 0.05) is 12.1 Å². The third kappa shape index (κ3) is 3.38. The summed E-state index contributed by atoms with van der Waals surface area (Å²) in [6.45, 7) is 4.53. The van der Waals surface area contributed by atoms with Crippen molar-refractivity contribution < 1.29 is 9.53 Å². The monoisotopic (exact) mass is 269 g/mol. The van der Waals surface area contributed by atoms with Crippen molar-refractivity contribution in [3.05, 3.63) is 64.7 Å². The van der Waals surface area contributed by atoms with Gasteiger partial charge in [-0.3, -0.25) is 4.79 Å². The van der Waals surface area contributed by atoms with Gasteiger partial charge < -0.3 is 10.1 Å². The molecule has 0 fully saturated rings. The topological polar surface area (TPSA) is 38.3 Å². The lowest BCUT2D eigenvalue weighted by Crippen LogP contribution is -2.22. The van der Waals surface area contributed by atoms with Gasteiger partial charge in [-0.15, -0.1) is 0 Å². The first-order valence-electron chi connectivity index (χ1n) is 6.58. The lowest BCUT2D eigenvalue weighted by Gasteiger charge is -2.08. The summed E-state index contributed by atoms with van der Waals surface area (Å²) in [5, 5.41) is 2.92. The minimum absolute atomic E-state index is 0.0593. The van der Waals surface area contributed by atoms with E-state index in [1.807, 2.05) is 56.3 Å². The second-order valence-corrected chi connectivity index (χ2v) is 4.83. The molecule has 0 aliphatic carbocycles. The van der Waals surface area contributed by atoms with Crippen molar-refractivity contribution >= 4 is 5.91 Å². The Morgan fingerprint density at radius 2 is 1.90 bits per heavy atom. The molecule has 0 aliphatic rings. The lowest BCUT2D eigenvalue weighted by molar-refractivity contribution is 0.0951. The fourth-order valence-electron chi connectivity index (χ4n) is 1.95. The molecule has 0 unspecified atom stereocenters. The molecule has 0 aliphatic heterocycles. The van der Waals surface area contributed by atoms with Crippen LogP contribution in [0.15, 0.2) is 42.5 Å². The molecule has 104 valence electrons. The summed E-state index contributed by atoms with van der Waals surface area (Å²) in [6.07, 6.45) is 0. The van der Waals surface area contributed by atoms with E-state index < -0.39 is 0 Å². The Bertz CT molecular complexity index is 620. The average molecular weight is 269 g/mol. The van der Waals surface area contributed by atoms with Crippen molar-refractivity contribution in [3.8, 4) is 5.75 Å². The first-order valence-corrected chi connectivity index (χ1v) is 6.58. The van der Waals surface area contributed by atoms with Crippen LogP contribution in [0.4, 0.5) is 0 Å². The molecule has 0 heterocycles. The van der Waals surface area contributed by atoms with Crippen LogP contribution in [-0.4, -0.2) is 13.0 Å². The van der Waals surface area contributed by atoms with Crippen LogP contribution in [0.25, 0.3) is 0 Å². The third-order valence-electron chi connectivity index (χ3n) is 3.36. The molecule has 0 aromatic heterocycles. The zero-order chi connectivity index (χ0) is 14.5. The van der Waals surface area contributed by atoms with Gasteiger partial charge in [0.1, 0.15) is 5.75 Å². The van der Waals surface area contributed by atoms with Crippen molar-refractivity contribution in [2.24, 2.45) is 0 Å². The molecule has 3 nitrogen and oxygen atoms in total. The average Bonchev–Trinajstić information content (AvgIpc) is 2.47. The van der Waals surface area contributed by atoms with Crippen LogP contribution in [0.3, 0.4) is 0 Å². The van der Waals surface area contributed by atoms with E-state index in [0.29, 0.717) is 12.1 Å². The molecule has 2 aromatic carbocycles. The fourth-order valence-corrected chi connectivity index (χ4v) is 1.95. The van der Waals surface area contributed by atoms with Gasteiger partial charge in [0.05, 0.1) is 7.11 Å². The van der Waals surface area contributed by atoms with E-state index in [-0.39, 0.29) is 5.91 Å². The van der Waals surface area contributed by atoms with Gasteiger partial charge in [0.2, 0.25) is 0 Å². The molecule has 3 heteroatoms. The van der Waals surface area contributed by atoms with Crippen LogP contribution >= 0.6 is 0 Å². The van der Waals surface area contributed by atoms with Gasteiger partial charge in [-0.2, -0.15) is 0 Å². The number of amides is 1. The summed E-state index contributed by atoms with van der Waals surface area (Å²) >= 11 is 0. The van der Waals surface area contributed by atoms with Crippen LogP contribution in [-0.2, 0) is 6.54 Å². The number of rotatable bonds is 4. The second-order valence-electron chi connectivity index (χ2n) is 4.83. The number of methoxy groups -OCH3 is 1. The first kappa shape index (κ1) is 14.1. The molecule has 1 amide bonds. The summed E-state index contributed by atoms with van der Waals surface area (Å²) in [6, 6.07) is 13.4. The molecule has 0 radical (unpaired) electrons. The van der Waals surface area contributed by atoms with Crippen molar-refractivity contribution in [1.82, 2.24) is 5.32 Å². The van der Waals surface area contributed by atoms with Gasteiger partial charge in [-0.1, -0.05) is 18.2 Å². The number of carbonyl (C=O) groups is 1. The zero-order valence-corrected chi connectivity index (χ0v) is 12.1. The maximum absolute atomic E-state index is 12.1. The fraction of sp³-hybridized carbons (Fsp3) is 0.235. The summed E-state index contributed by atoms with van der Waals surface area (Å²) in [5.41, 5.74) is 4.02. The molecule has 20 heavy (non-hydrogen) atoms. The van der Waals surface area contributed by atoms with E-state index in [1.165, 1.54) is 5.56 Å². The van der Waals surface area contributed by atoms with E-state index in [2.05, 4.69) is 5.32 Å². The van der Waals surface area contributed by atoms with Gasteiger partial charge in [-0.25, -0.2) is 0 Å². The quantitative estimate of drug-likeness (QED) is 0.925. The van der Waals surface area contributed by atoms with Crippen molar-refractivity contribution in [3.63, 3.8) is 0 Å². The predicted molar refractivity (Wildman–Crippen MR) is 80.1 cm³/mol. The van der Waals surface area contributed by atoms with Crippen LogP contribution in [0.1, 0.15) is 27.0 Å². The molecule has 0 saturated heterocycles. The molecule has 0 saturated carbocycles.